The lowest BCUT2D eigenvalue weighted by atomic mass is 9.81. The quantitative estimate of drug-likeness (QED) is 0.0738. The minimum Gasteiger partial charge on any atom is -0.472 e. The highest BCUT2D eigenvalue weighted by molar-refractivity contribution is 5.89. The second-order valence-corrected chi connectivity index (χ2v) is 18.4. The Labute approximate surface area is 359 Å². The highest BCUT2D eigenvalue weighted by atomic mass is 16.8. The molecule has 62 heavy (non-hydrogen) atoms. The van der Waals surface area contributed by atoms with E-state index in [1.165, 1.54) is 12.5 Å². The Hall–Kier alpha value is -2.54. The van der Waals surface area contributed by atoms with E-state index in [0.29, 0.717) is 19.3 Å². The molecule has 2 saturated heterocycles. The topological polar surface area (TPSA) is 310 Å². The molecule has 20 heteroatoms. The average Bonchev–Trinajstić information content (AvgIpc) is 3.73. The van der Waals surface area contributed by atoms with E-state index in [2.05, 4.69) is 0 Å². The number of carbonyl (C=O) groups excluding carboxylic acids is 2. The van der Waals surface area contributed by atoms with Crippen molar-refractivity contribution in [2.75, 3.05) is 26.4 Å². The van der Waals surface area contributed by atoms with Crippen LogP contribution in [0.5, 0.6) is 0 Å². The van der Waals surface area contributed by atoms with Gasteiger partial charge in [0.2, 0.25) is 12.6 Å². The van der Waals surface area contributed by atoms with Crippen molar-refractivity contribution in [1.82, 2.24) is 0 Å². The van der Waals surface area contributed by atoms with Gasteiger partial charge in [-0.3, -0.25) is 0 Å². The molecule has 4 fully saturated rings. The molecule has 0 aromatic rings. The Balaban J connectivity index is 0.921. The molecule has 6 rings (SSSR count). The Kier molecular flexibility index (Phi) is 16.4. The minimum absolute atomic E-state index is 0.0164. The van der Waals surface area contributed by atoms with Gasteiger partial charge < -0.3 is 89.0 Å². The summed E-state index contributed by atoms with van der Waals surface area (Å²) in [4.78, 5) is 26.6. The molecule has 0 bridgehead atoms. The number of hydrogen-bond acceptors (Lipinski definition) is 20. The van der Waals surface area contributed by atoms with Crippen molar-refractivity contribution in [3.8, 4) is 0 Å². The van der Waals surface area contributed by atoms with Crippen LogP contribution in [0.4, 0.5) is 0 Å². The largest absolute Gasteiger partial charge is 0.472 e. The normalized spacial score (nSPS) is 43.8. The number of fused-ring (bicyclic) bond motifs is 2. The lowest BCUT2D eigenvalue weighted by molar-refractivity contribution is -0.346. The Morgan fingerprint density at radius 3 is 1.85 bits per heavy atom. The first-order chi connectivity index (χ1) is 29.4. The molecular formula is C42H66O20. The van der Waals surface area contributed by atoms with Crippen molar-refractivity contribution in [3.63, 3.8) is 0 Å². The van der Waals surface area contributed by atoms with Crippen molar-refractivity contribution < 1.29 is 98.5 Å². The first kappa shape index (κ1) is 48.9. The molecule has 0 amide bonds. The molecule has 354 valence electrons. The van der Waals surface area contributed by atoms with Gasteiger partial charge in [-0.2, -0.15) is 0 Å². The predicted molar refractivity (Wildman–Crippen MR) is 208 cm³/mol. The first-order valence-corrected chi connectivity index (χ1v) is 21.8. The molecule has 10 N–H and O–H groups in total. The van der Waals surface area contributed by atoms with Crippen molar-refractivity contribution in [1.29, 1.82) is 0 Å². The Morgan fingerprint density at radius 1 is 0.726 bits per heavy atom. The van der Waals surface area contributed by atoms with Crippen LogP contribution in [-0.2, 0) is 47.5 Å². The summed E-state index contributed by atoms with van der Waals surface area (Å²) in [5.41, 5.74) is -0.841. The van der Waals surface area contributed by atoms with E-state index < -0.39 is 135 Å². The van der Waals surface area contributed by atoms with Gasteiger partial charge in [0.25, 0.3) is 0 Å². The zero-order chi connectivity index (χ0) is 45.2. The number of rotatable bonds is 17. The summed E-state index contributed by atoms with van der Waals surface area (Å²) in [5, 5.41) is 103. The lowest BCUT2D eigenvalue weighted by Crippen LogP contribution is -2.60. The summed E-state index contributed by atoms with van der Waals surface area (Å²) >= 11 is 0. The fourth-order valence-electron chi connectivity index (χ4n) is 9.76. The van der Waals surface area contributed by atoms with Gasteiger partial charge in [-0.05, 0) is 56.8 Å². The summed E-state index contributed by atoms with van der Waals surface area (Å²) in [7, 11) is 0. The van der Waals surface area contributed by atoms with E-state index >= 15 is 0 Å². The molecule has 2 aliphatic carbocycles. The zero-order valence-electron chi connectivity index (χ0n) is 35.5. The highest BCUT2D eigenvalue weighted by Gasteiger charge is 2.57. The molecular weight excluding hydrogens is 824 g/mol. The molecule has 2 saturated carbocycles. The third-order valence-electron chi connectivity index (χ3n) is 13.8. The Morgan fingerprint density at radius 2 is 1.26 bits per heavy atom. The third-order valence-corrected chi connectivity index (χ3v) is 13.8. The van der Waals surface area contributed by atoms with Crippen molar-refractivity contribution in [2.24, 2.45) is 41.4 Å². The van der Waals surface area contributed by atoms with Crippen molar-refractivity contribution in [2.45, 2.75) is 158 Å². The summed E-state index contributed by atoms with van der Waals surface area (Å²) < 4.78 is 45.6. The molecule has 20 nitrogen and oxygen atoms in total. The van der Waals surface area contributed by atoms with Gasteiger partial charge >= 0.3 is 11.9 Å². The van der Waals surface area contributed by atoms with Crippen LogP contribution in [0.25, 0.3) is 0 Å². The van der Waals surface area contributed by atoms with Crippen molar-refractivity contribution >= 4 is 11.9 Å². The summed E-state index contributed by atoms with van der Waals surface area (Å²) in [5.74, 6) is -3.62. The summed E-state index contributed by atoms with van der Waals surface area (Å²) in [6.07, 6.45) is -11.7. The van der Waals surface area contributed by atoms with Crippen LogP contribution in [0, 0.1) is 41.4 Å². The van der Waals surface area contributed by atoms with Crippen LogP contribution in [-0.4, -0.2) is 175 Å². The third kappa shape index (κ3) is 10.4. The van der Waals surface area contributed by atoms with E-state index in [0.717, 1.165) is 19.3 Å². The van der Waals surface area contributed by atoms with Crippen LogP contribution in [0.3, 0.4) is 0 Å². The highest BCUT2D eigenvalue weighted by Crippen LogP contribution is 2.50. The monoisotopic (exact) mass is 890 g/mol. The van der Waals surface area contributed by atoms with E-state index in [9.17, 15) is 60.7 Å². The molecule has 4 heterocycles. The van der Waals surface area contributed by atoms with Gasteiger partial charge in [-0.1, -0.05) is 33.6 Å². The molecule has 21 unspecified atom stereocenters. The van der Waals surface area contributed by atoms with E-state index in [-0.39, 0.29) is 48.5 Å². The number of aliphatic hydroxyl groups is 10. The molecule has 0 radical (unpaired) electrons. The zero-order valence-corrected chi connectivity index (χ0v) is 35.5. The van der Waals surface area contributed by atoms with E-state index in [1.54, 1.807) is 13.8 Å². The minimum atomic E-state index is -1.67. The second-order valence-electron chi connectivity index (χ2n) is 18.4. The maximum absolute atomic E-state index is 13.3. The SMILES string of the molecule is CC(CCCC(C)COC(=O)C1=COC(OC2OC(CO)C(O)C(O)C2O)C2C1CCC2(C)O)CCOC(=O)C1=COC(OC2OC(CO)C(O)C(O)C2O)C2C1CC(O)C2C. The lowest BCUT2D eigenvalue weighted by Gasteiger charge is -2.44. The maximum atomic E-state index is 13.3. The summed E-state index contributed by atoms with van der Waals surface area (Å²) in [6, 6.07) is 0. The predicted octanol–water partition coefficient (Wildman–Crippen LogP) is -1.57. The maximum Gasteiger partial charge on any atom is 0.337 e. The van der Waals surface area contributed by atoms with Gasteiger partial charge in [0.15, 0.2) is 12.6 Å². The van der Waals surface area contributed by atoms with Gasteiger partial charge in [0.05, 0.1) is 67.7 Å². The van der Waals surface area contributed by atoms with Gasteiger partial charge in [-0.15, -0.1) is 0 Å². The fourth-order valence-corrected chi connectivity index (χ4v) is 9.76. The van der Waals surface area contributed by atoms with E-state index in [1.807, 2.05) is 13.8 Å². The van der Waals surface area contributed by atoms with Gasteiger partial charge in [0, 0.05) is 17.8 Å². The van der Waals surface area contributed by atoms with Crippen molar-refractivity contribution in [3.05, 3.63) is 23.7 Å². The molecule has 0 spiro atoms. The molecule has 0 aromatic carbocycles. The molecule has 4 aliphatic heterocycles. The molecule has 6 aliphatic rings. The van der Waals surface area contributed by atoms with Gasteiger partial charge in [0.1, 0.15) is 48.8 Å². The number of aliphatic hydroxyl groups excluding tert-OH is 9. The van der Waals surface area contributed by atoms with Crippen LogP contribution in [0.1, 0.15) is 72.6 Å². The number of ether oxygens (including phenoxy) is 8. The first-order valence-electron chi connectivity index (χ1n) is 21.8. The number of carbonyl (C=O) groups is 2. The van der Waals surface area contributed by atoms with E-state index in [4.69, 9.17) is 37.9 Å². The Bertz CT molecular complexity index is 1570. The standard InChI is InChI=1S/C42H66O20/c1-18(9-11-55-36(52)24-17-57-38(28-20(3)25(45)12-22(24)28)61-40-34(50)32(48)30(46)26(13-43)59-40)6-5-7-19(2)15-56-37(53)23-16-58-39(29-21(23)8-10-42(29,4)54)62-41-35(51)33(49)31(47)27(14-44)60-41/h16-22,25-35,38-41,43-51,54H,5-15H2,1-4H3. The second kappa shape index (κ2) is 20.7. The number of hydrogen-bond donors (Lipinski definition) is 10. The smallest absolute Gasteiger partial charge is 0.337 e. The average molecular weight is 891 g/mol. The fraction of sp³-hybridized carbons (Fsp3) is 0.857. The van der Waals surface area contributed by atoms with Crippen LogP contribution in [0.15, 0.2) is 23.7 Å². The van der Waals surface area contributed by atoms with Crippen LogP contribution >= 0.6 is 0 Å². The number of esters is 2. The van der Waals surface area contributed by atoms with Crippen LogP contribution in [0.2, 0.25) is 0 Å². The van der Waals surface area contributed by atoms with Gasteiger partial charge in [-0.25, -0.2) is 9.59 Å². The van der Waals surface area contributed by atoms with Crippen LogP contribution < -0.4 is 0 Å². The molecule has 21 atom stereocenters. The summed E-state index contributed by atoms with van der Waals surface area (Å²) in [6.45, 7) is 6.41. The molecule has 0 aromatic heterocycles.